The van der Waals surface area contributed by atoms with Gasteiger partial charge in [0.15, 0.2) is 15.0 Å². The van der Waals surface area contributed by atoms with Crippen molar-refractivity contribution in [1.29, 1.82) is 0 Å². The van der Waals surface area contributed by atoms with Crippen molar-refractivity contribution >= 4 is 54.0 Å². The van der Waals surface area contributed by atoms with Crippen molar-refractivity contribution in [1.82, 2.24) is 9.97 Å². The van der Waals surface area contributed by atoms with E-state index in [-0.39, 0.29) is 29.4 Å². The molecule has 4 aromatic rings. The molecule has 0 saturated carbocycles. The van der Waals surface area contributed by atoms with Gasteiger partial charge in [0.2, 0.25) is 5.91 Å². The Balaban J connectivity index is 1.52. The van der Waals surface area contributed by atoms with Crippen LogP contribution < -0.4 is 4.90 Å². The lowest BCUT2D eigenvalue weighted by Crippen LogP contribution is -2.30. The molecule has 170 valence electrons. The Hall–Kier alpha value is -2.81. The van der Waals surface area contributed by atoms with Gasteiger partial charge in [-0.2, -0.15) is 0 Å². The molecular formula is C24H22ClN3O3S2. The molecule has 2 aromatic heterocycles. The van der Waals surface area contributed by atoms with E-state index in [1.165, 1.54) is 23.5 Å². The van der Waals surface area contributed by atoms with Gasteiger partial charge in [0.1, 0.15) is 0 Å². The first-order valence-electron chi connectivity index (χ1n) is 10.4. The Morgan fingerprint density at radius 3 is 2.52 bits per heavy atom. The van der Waals surface area contributed by atoms with Gasteiger partial charge in [-0.15, -0.1) is 0 Å². The van der Waals surface area contributed by atoms with Gasteiger partial charge in [-0.1, -0.05) is 29.0 Å². The van der Waals surface area contributed by atoms with Gasteiger partial charge in [-0.25, -0.2) is 13.4 Å². The Bertz CT molecular complexity index is 1370. The number of aromatic nitrogens is 2. The minimum absolute atomic E-state index is 0.0901. The number of hydrogen-bond acceptors (Lipinski definition) is 6. The van der Waals surface area contributed by atoms with Gasteiger partial charge in [0.25, 0.3) is 0 Å². The summed E-state index contributed by atoms with van der Waals surface area (Å²) in [7, 11) is -3.50. The molecule has 1 amide bonds. The summed E-state index contributed by atoms with van der Waals surface area (Å²) in [6.45, 7) is 2.35. The first kappa shape index (κ1) is 23.4. The highest BCUT2D eigenvalue weighted by atomic mass is 35.5. The van der Waals surface area contributed by atoms with Crippen molar-refractivity contribution in [2.24, 2.45) is 0 Å². The number of nitrogens with zero attached hydrogens (tertiary/aromatic N) is 3. The van der Waals surface area contributed by atoms with Crippen molar-refractivity contribution in [2.45, 2.75) is 31.2 Å². The molecular weight excluding hydrogens is 478 g/mol. The van der Waals surface area contributed by atoms with Crippen LogP contribution in [0.1, 0.15) is 24.0 Å². The highest BCUT2D eigenvalue weighted by molar-refractivity contribution is 7.91. The largest absolute Gasteiger partial charge is 0.284 e. The number of carbonyl (C=O) groups excluding carboxylic acids is 1. The number of sulfone groups is 1. The zero-order valence-electron chi connectivity index (χ0n) is 17.9. The van der Waals surface area contributed by atoms with Gasteiger partial charge in [0.05, 0.1) is 27.4 Å². The minimum Gasteiger partial charge on any atom is -0.284 e. The van der Waals surface area contributed by atoms with E-state index < -0.39 is 9.84 Å². The number of hydrogen-bond donors (Lipinski definition) is 0. The maximum atomic E-state index is 13.2. The van der Waals surface area contributed by atoms with Gasteiger partial charge in [-0.05, 0) is 73.0 Å². The smallest absolute Gasteiger partial charge is 0.229 e. The molecule has 0 aliphatic heterocycles. The zero-order chi connectivity index (χ0) is 23.4. The third-order valence-electron chi connectivity index (χ3n) is 5.13. The summed E-state index contributed by atoms with van der Waals surface area (Å²) in [4.78, 5) is 23.8. The molecule has 0 fully saturated rings. The second kappa shape index (κ2) is 9.99. The van der Waals surface area contributed by atoms with Crippen LogP contribution in [0, 0.1) is 6.92 Å². The van der Waals surface area contributed by atoms with Crippen LogP contribution in [-0.2, 0) is 21.2 Å². The van der Waals surface area contributed by atoms with E-state index in [1.54, 1.807) is 29.4 Å². The van der Waals surface area contributed by atoms with Gasteiger partial charge >= 0.3 is 0 Å². The average molecular weight is 500 g/mol. The Morgan fingerprint density at radius 2 is 1.79 bits per heavy atom. The molecule has 0 N–H and O–H groups in total. The number of pyridine rings is 1. The molecule has 0 radical (unpaired) electrons. The molecule has 2 aromatic carbocycles. The van der Waals surface area contributed by atoms with E-state index in [0.717, 1.165) is 21.3 Å². The monoisotopic (exact) mass is 499 g/mol. The molecule has 0 atom stereocenters. The van der Waals surface area contributed by atoms with Crippen LogP contribution in [0.15, 0.2) is 71.9 Å². The van der Waals surface area contributed by atoms with Gasteiger partial charge in [0, 0.05) is 23.8 Å². The molecule has 4 rings (SSSR count). The van der Waals surface area contributed by atoms with E-state index >= 15 is 0 Å². The predicted molar refractivity (Wildman–Crippen MR) is 133 cm³/mol. The second-order valence-electron chi connectivity index (χ2n) is 7.68. The molecule has 0 aliphatic carbocycles. The summed E-state index contributed by atoms with van der Waals surface area (Å²) in [6, 6.07) is 15.7. The summed E-state index contributed by atoms with van der Waals surface area (Å²) in [5.74, 6) is -0.295. The third-order valence-corrected chi connectivity index (χ3v) is 8.24. The molecule has 0 bridgehead atoms. The summed E-state index contributed by atoms with van der Waals surface area (Å²) in [6.07, 6.45) is 3.66. The molecule has 6 nitrogen and oxygen atoms in total. The van der Waals surface area contributed by atoms with Crippen LogP contribution in [0.25, 0.3) is 10.2 Å². The predicted octanol–water partition coefficient (Wildman–Crippen LogP) is 5.44. The quantitative estimate of drug-likeness (QED) is 0.322. The van der Waals surface area contributed by atoms with Crippen molar-refractivity contribution in [3.8, 4) is 0 Å². The van der Waals surface area contributed by atoms with E-state index in [4.69, 9.17) is 11.6 Å². The van der Waals surface area contributed by atoms with E-state index in [9.17, 15) is 13.2 Å². The highest BCUT2D eigenvalue weighted by Gasteiger charge is 2.22. The topological polar surface area (TPSA) is 80.2 Å². The summed E-state index contributed by atoms with van der Waals surface area (Å²) < 4.78 is 26.2. The lowest BCUT2D eigenvalue weighted by Gasteiger charge is -2.20. The zero-order valence-corrected chi connectivity index (χ0v) is 20.3. The van der Waals surface area contributed by atoms with E-state index in [0.29, 0.717) is 16.7 Å². The maximum absolute atomic E-state index is 13.2. The van der Waals surface area contributed by atoms with E-state index in [2.05, 4.69) is 9.97 Å². The fourth-order valence-corrected chi connectivity index (χ4v) is 5.89. The fraction of sp³-hybridized carbons (Fsp3) is 0.208. The maximum Gasteiger partial charge on any atom is 0.229 e. The summed E-state index contributed by atoms with van der Waals surface area (Å²) in [5, 5.41) is 1.07. The number of rotatable bonds is 8. The number of fused-ring (bicyclic) bond motifs is 1. The van der Waals surface area contributed by atoms with Crippen LogP contribution in [0.5, 0.6) is 0 Å². The second-order valence-corrected chi connectivity index (χ2v) is 11.2. The van der Waals surface area contributed by atoms with Crippen LogP contribution in [0.2, 0.25) is 5.02 Å². The molecule has 2 heterocycles. The number of aryl methyl sites for hydroxylation is 1. The SMILES string of the molecule is Cc1ccc2nc(N(Cc3ccncc3)C(=O)CCCS(=O)(=O)c3ccc(Cl)cc3)sc2c1. The van der Waals surface area contributed by atoms with Crippen LogP contribution >= 0.6 is 22.9 Å². The first-order chi connectivity index (χ1) is 15.8. The van der Waals surface area contributed by atoms with E-state index in [1.807, 2.05) is 37.3 Å². The van der Waals surface area contributed by atoms with Crippen molar-refractivity contribution in [2.75, 3.05) is 10.7 Å². The van der Waals surface area contributed by atoms with Gasteiger partial charge < -0.3 is 0 Å². The average Bonchev–Trinajstić information content (AvgIpc) is 3.21. The minimum atomic E-state index is -3.50. The lowest BCUT2D eigenvalue weighted by molar-refractivity contribution is -0.118. The lowest BCUT2D eigenvalue weighted by atomic mass is 10.2. The molecule has 0 saturated heterocycles. The van der Waals surface area contributed by atoms with Crippen LogP contribution in [-0.4, -0.2) is 30.0 Å². The number of anilines is 1. The fourth-order valence-electron chi connectivity index (χ4n) is 3.38. The Labute approximate surface area is 201 Å². The van der Waals surface area contributed by atoms with Crippen LogP contribution in [0.4, 0.5) is 5.13 Å². The summed E-state index contributed by atoms with van der Waals surface area (Å²) >= 11 is 7.30. The van der Waals surface area contributed by atoms with Gasteiger partial charge in [-0.3, -0.25) is 14.7 Å². The Kier molecular flexibility index (Phi) is 7.07. The number of amides is 1. The van der Waals surface area contributed by atoms with Crippen molar-refractivity contribution < 1.29 is 13.2 Å². The Morgan fingerprint density at radius 1 is 1.06 bits per heavy atom. The van der Waals surface area contributed by atoms with Crippen molar-refractivity contribution in [3.05, 3.63) is 83.1 Å². The number of halogens is 1. The van der Waals surface area contributed by atoms with Crippen molar-refractivity contribution in [3.63, 3.8) is 0 Å². The number of thiazole rings is 1. The highest BCUT2D eigenvalue weighted by Crippen LogP contribution is 2.31. The molecule has 33 heavy (non-hydrogen) atoms. The summed E-state index contributed by atoms with van der Waals surface area (Å²) in [5.41, 5.74) is 2.87. The number of benzene rings is 2. The third kappa shape index (κ3) is 5.76. The first-order valence-corrected chi connectivity index (χ1v) is 13.2. The van der Waals surface area contributed by atoms with Crippen LogP contribution in [0.3, 0.4) is 0 Å². The molecule has 0 spiro atoms. The molecule has 9 heteroatoms. The molecule has 0 unspecified atom stereocenters. The number of carbonyl (C=O) groups is 1. The normalized spacial score (nSPS) is 11.6. The molecule has 0 aliphatic rings. The standard InChI is InChI=1S/C24H22ClN3O3S2/c1-17-4-9-21-22(15-17)32-24(27-21)28(16-18-10-12-26-13-11-18)23(29)3-2-14-33(30,31)20-7-5-19(25)6-8-20/h4-13,15H,2-3,14,16H2,1H3.